The fraction of sp³-hybridized carbons (Fsp3) is 0.579. The van der Waals surface area contributed by atoms with Crippen molar-refractivity contribution < 1.29 is 23.1 Å². The Kier molecular flexibility index (Phi) is 4.76. The van der Waals surface area contributed by atoms with E-state index in [1.807, 2.05) is 0 Å². The molecule has 0 aromatic heterocycles. The smallest absolute Gasteiger partial charge is 0.340 e. The largest absolute Gasteiger partial charge is 0.452 e. The van der Waals surface area contributed by atoms with Crippen LogP contribution in [-0.2, 0) is 9.53 Å². The molecule has 1 saturated heterocycles. The first-order chi connectivity index (χ1) is 12.0. The van der Waals surface area contributed by atoms with E-state index in [1.165, 1.54) is 0 Å². The van der Waals surface area contributed by atoms with Gasteiger partial charge in [0.1, 0.15) is 0 Å². The monoisotopic (exact) mass is 385 g/mol. The zero-order valence-electron chi connectivity index (χ0n) is 15.1. The Labute approximate surface area is 156 Å². The molecule has 26 heavy (non-hydrogen) atoms. The average molecular weight is 386 g/mol. The maximum absolute atomic E-state index is 13.3. The van der Waals surface area contributed by atoms with Crippen LogP contribution in [0.15, 0.2) is 12.1 Å². The van der Waals surface area contributed by atoms with E-state index in [4.69, 9.17) is 16.3 Å². The van der Waals surface area contributed by atoms with E-state index in [0.29, 0.717) is 18.7 Å². The number of amides is 1. The van der Waals surface area contributed by atoms with Crippen molar-refractivity contribution in [2.45, 2.75) is 46.1 Å². The molecule has 7 heteroatoms. The number of esters is 1. The van der Waals surface area contributed by atoms with Crippen molar-refractivity contribution in [1.82, 2.24) is 4.90 Å². The van der Waals surface area contributed by atoms with E-state index in [-0.39, 0.29) is 33.4 Å². The van der Waals surface area contributed by atoms with Gasteiger partial charge in [-0.05, 0) is 42.2 Å². The van der Waals surface area contributed by atoms with Crippen LogP contribution in [0.25, 0.3) is 0 Å². The molecule has 2 bridgehead atoms. The molecule has 0 spiro atoms. The van der Waals surface area contributed by atoms with Crippen LogP contribution in [0.3, 0.4) is 0 Å². The molecule has 1 aliphatic carbocycles. The first kappa shape index (κ1) is 19.1. The summed E-state index contributed by atoms with van der Waals surface area (Å²) in [5, 5.41) is -0.257. The normalized spacial score (nSPS) is 26.7. The van der Waals surface area contributed by atoms with Gasteiger partial charge in [0.15, 0.2) is 18.2 Å². The quantitative estimate of drug-likeness (QED) is 0.578. The summed E-state index contributed by atoms with van der Waals surface area (Å²) in [6.07, 6.45) is 2.91. The number of carbonyl (C=O) groups is 2. The maximum Gasteiger partial charge on any atom is 0.340 e. The van der Waals surface area contributed by atoms with Crippen LogP contribution in [0.1, 0.15) is 50.4 Å². The van der Waals surface area contributed by atoms with Gasteiger partial charge in [-0.3, -0.25) is 4.79 Å². The molecule has 0 unspecified atom stereocenters. The van der Waals surface area contributed by atoms with Gasteiger partial charge in [-0.1, -0.05) is 32.4 Å². The van der Waals surface area contributed by atoms with Crippen molar-refractivity contribution in [2.75, 3.05) is 13.2 Å². The zero-order chi connectivity index (χ0) is 19.3. The molecule has 142 valence electrons. The highest BCUT2D eigenvalue weighted by atomic mass is 35.5. The third kappa shape index (κ3) is 3.70. The highest BCUT2D eigenvalue weighted by Gasteiger charge is 2.50. The van der Waals surface area contributed by atoms with E-state index in [0.717, 1.165) is 19.3 Å². The Morgan fingerprint density at radius 3 is 2.58 bits per heavy atom. The second-order valence-corrected chi connectivity index (χ2v) is 8.96. The van der Waals surface area contributed by atoms with Crippen molar-refractivity contribution in [3.63, 3.8) is 0 Å². The number of hydrogen-bond acceptors (Lipinski definition) is 3. The first-order valence-corrected chi connectivity index (χ1v) is 8.99. The summed E-state index contributed by atoms with van der Waals surface area (Å²) < 4.78 is 31.4. The van der Waals surface area contributed by atoms with Gasteiger partial charge >= 0.3 is 5.97 Å². The molecule has 1 saturated carbocycles. The minimum Gasteiger partial charge on any atom is -0.452 e. The molecular weight excluding hydrogens is 364 g/mol. The molecule has 2 atom stereocenters. The van der Waals surface area contributed by atoms with E-state index in [9.17, 15) is 18.4 Å². The summed E-state index contributed by atoms with van der Waals surface area (Å²) in [5.74, 6) is -3.57. The number of carbonyl (C=O) groups excluding carboxylic acids is 2. The molecular formula is C19H22ClF2NO3. The molecule has 1 aromatic carbocycles. The predicted octanol–water partition coefficient (Wildman–Crippen LogP) is 4.20. The van der Waals surface area contributed by atoms with Crippen LogP contribution in [0.4, 0.5) is 8.78 Å². The van der Waals surface area contributed by atoms with Gasteiger partial charge in [0, 0.05) is 12.6 Å². The van der Waals surface area contributed by atoms with Crippen LogP contribution in [0.2, 0.25) is 5.02 Å². The van der Waals surface area contributed by atoms with Crippen molar-refractivity contribution in [1.29, 1.82) is 0 Å². The number of rotatable bonds is 3. The average Bonchev–Trinajstić information content (AvgIpc) is 2.77. The standard InChI is InChI=1S/C19H22ClF2NO3/c1-18(2)6-11-7-19(3,9-18)10-23(11)16(24)8-26-17(25)12-4-14(21)15(22)5-13(12)20/h4-5,11H,6-10H2,1-3H3/t11-,19-/m1/s1. The highest BCUT2D eigenvalue weighted by Crippen LogP contribution is 2.52. The Bertz CT molecular complexity index is 767. The number of fused-ring (bicyclic) bond motifs is 2. The van der Waals surface area contributed by atoms with E-state index < -0.39 is 24.2 Å². The van der Waals surface area contributed by atoms with Gasteiger partial charge in [0.05, 0.1) is 10.6 Å². The number of likely N-dealkylation sites (tertiary alicyclic amines) is 1. The fourth-order valence-electron chi connectivity index (χ4n) is 4.72. The zero-order valence-corrected chi connectivity index (χ0v) is 15.8. The van der Waals surface area contributed by atoms with E-state index in [1.54, 1.807) is 4.90 Å². The minimum absolute atomic E-state index is 0.0788. The van der Waals surface area contributed by atoms with Crippen LogP contribution < -0.4 is 0 Å². The van der Waals surface area contributed by atoms with Crippen LogP contribution >= 0.6 is 11.6 Å². The third-order valence-corrected chi connectivity index (χ3v) is 5.60. The highest BCUT2D eigenvalue weighted by molar-refractivity contribution is 6.33. The molecule has 2 fully saturated rings. The van der Waals surface area contributed by atoms with Crippen molar-refractivity contribution in [3.8, 4) is 0 Å². The lowest BCUT2D eigenvalue weighted by Crippen LogP contribution is -2.39. The minimum atomic E-state index is -1.20. The van der Waals surface area contributed by atoms with Crippen LogP contribution in [0.5, 0.6) is 0 Å². The summed E-state index contributed by atoms with van der Waals surface area (Å²) in [4.78, 5) is 26.4. The third-order valence-electron chi connectivity index (χ3n) is 5.29. The molecule has 1 heterocycles. The number of nitrogens with zero attached hydrogens (tertiary/aromatic N) is 1. The Hall–Kier alpha value is -1.69. The fourth-order valence-corrected chi connectivity index (χ4v) is 4.95. The summed E-state index contributed by atoms with van der Waals surface area (Å²) in [7, 11) is 0. The van der Waals surface area contributed by atoms with Gasteiger partial charge in [0.2, 0.25) is 0 Å². The second kappa shape index (κ2) is 6.48. The van der Waals surface area contributed by atoms with Crippen molar-refractivity contribution >= 4 is 23.5 Å². The van der Waals surface area contributed by atoms with Crippen molar-refractivity contribution in [3.05, 3.63) is 34.4 Å². The predicted molar refractivity (Wildman–Crippen MR) is 92.9 cm³/mol. The Balaban J connectivity index is 1.65. The van der Waals surface area contributed by atoms with E-state index >= 15 is 0 Å². The lowest BCUT2D eigenvalue weighted by molar-refractivity contribution is -0.135. The van der Waals surface area contributed by atoms with Gasteiger partial charge in [0.25, 0.3) is 5.91 Å². The van der Waals surface area contributed by atoms with Crippen LogP contribution in [0, 0.1) is 22.5 Å². The molecule has 2 aliphatic rings. The van der Waals surface area contributed by atoms with Gasteiger partial charge in [-0.2, -0.15) is 0 Å². The lowest BCUT2D eigenvalue weighted by atomic mass is 9.65. The summed E-state index contributed by atoms with van der Waals surface area (Å²) in [6.45, 7) is 6.79. The molecule has 4 nitrogen and oxygen atoms in total. The van der Waals surface area contributed by atoms with Gasteiger partial charge in [-0.15, -0.1) is 0 Å². The van der Waals surface area contributed by atoms with Crippen molar-refractivity contribution in [2.24, 2.45) is 10.8 Å². The molecule has 0 N–H and O–H groups in total. The molecule has 1 aromatic rings. The molecule has 3 rings (SSSR count). The van der Waals surface area contributed by atoms with Gasteiger partial charge < -0.3 is 9.64 Å². The summed E-state index contributed by atoms with van der Waals surface area (Å²) >= 11 is 5.76. The lowest BCUT2D eigenvalue weighted by Gasteiger charge is -2.39. The Morgan fingerprint density at radius 2 is 1.88 bits per heavy atom. The first-order valence-electron chi connectivity index (χ1n) is 8.61. The Morgan fingerprint density at radius 1 is 1.23 bits per heavy atom. The molecule has 0 radical (unpaired) electrons. The maximum atomic E-state index is 13.3. The molecule has 1 amide bonds. The summed E-state index contributed by atoms with van der Waals surface area (Å²) in [5.41, 5.74) is -0.0514. The molecule has 1 aliphatic heterocycles. The second-order valence-electron chi connectivity index (χ2n) is 8.56. The number of benzene rings is 1. The topological polar surface area (TPSA) is 46.6 Å². The van der Waals surface area contributed by atoms with Crippen LogP contribution in [-0.4, -0.2) is 36.0 Å². The van der Waals surface area contributed by atoms with E-state index in [2.05, 4.69) is 20.8 Å². The SMILES string of the molecule is CC1(C)C[C@@H]2C[C@@](C)(CN2C(=O)COC(=O)c2cc(F)c(F)cc2Cl)C1. The summed E-state index contributed by atoms with van der Waals surface area (Å²) in [6, 6.07) is 1.53. The number of hydrogen-bond donors (Lipinski definition) is 0. The number of halogens is 3. The van der Waals surface area contributed by atoms with Gasteiger partial charge in [-0.25, -0.2) is 13.6 Å². The number of ether oxygens (including phenoxy) is 1.